The van der Waals surface area contributed by atoms with E-state index < -0.39 is 18.2 Å². The van der Waals surface area contributed by atoms with Gasteiger partial charge in [0.15, 0.2) is 0 Å². The second kappa shape index (κ2) is 7.93. The summed E-state index contributed by atoms with van der Waals surface area (Å²) in [7, 11) is 0. The largest absolute Gasteiger partial charge is 0.479 e. The first-order chi connectivity index (χ1) is 11.0. The molecule has 0 spiro atoms. The molecule has 6 heteroatoms. The van der Waals surface area contributed by atoms with Gasteiger partial charge in [-0.05, 0) is 23.3 Å². The molecule has 2 aromatic carbocycles. The highest BCUT2D eigenvalue weighted by atomic mass is 19.1. The van der Waals surface area contributed by atoms with E-state index >= 15 is 0 Å². The van der Waals surface area contributed by atoms with Crippen molar-refractivity contribution in [3.63, 3.8) is 0 Å². The fourth-order valence-electron chi connectivity index (χ4n) is 1.95. The van der Waals surface area contributed by atoms with E-state index in [4.69, 9.17) is 9.84 Å². The molecule has 0 radical (unpaired) electrons. The summed E-state index contributed by atoms with van der Waals surface area (Å²) in [5, 5.41) is 11.1. The smallest absolute Gasteiger partial charge is 0.411 e. The number of benzene rings is 2. The van der Waals surface area contributed by atoms with Crippen molar-refractivity contribution in [3.05, 3.63) is 65.7 Å². The van der Waals surface area contributed by atoms with E-state index in [0.717, 1.165) is 5.56 Å². The number of carboxylic acids is 1. The van der Waals surface area contributed by atoms with Crippen LogP contribution >= 0.6 is 0 Å². The quantitative estimate of drug-likeness (QED) is 0.856. The zero-order valence-electron chi connectivity index (χ0n) is 12.2. The van der Waals surface area contributed by atoms with Crippen LogP contribution in [0.15, 0.2) is 54.6 Å². The lowest BCUT2D eigenvalue weighted by atomic mass is 10.1. The fraction of sp³-hybridized carbons (Fsp3) is 0.176. The van der Waals surface area contributed by atoms with Crippen molar-refractivity contribution in [2.24, 2.45) is 0 Å². The third kappa shape index (κ3) is 5.43. The second-order valence-electron chi connectivity index (χ2n) is 4.90. The second-order valence-corrected chi connectivity index (χ2v) is 4.90. The fourth-order valence-corrected chi connectivity index (χ4v) is 1.95. The van der Waals surface area contributed by atoms with Crippen LogP contribution in [0.1, 0.15) is 11.1 Å². The van der Waals surface area contributed by atoms with Crippen LogP contribution < -0.4 is 5.32 Å². The van der Waals surface area contributed by atoms with Crippen molar-refractivity contribution in [3.8, 4) is 0 Å². The number of amides is 1. The minimum Gasteiger partial charge on any atom is -0.479 e. The molecule has 0 aliphatic carbocycles. The Labute approximate surface area is 132 Å². The zero-order chi connectivity index (χ0) is 16.7. The van der Waals surface area contributed by atoms with Gasteiger partial charge in [0, 0.05) is 12.1 Å². The lowest BCUT2D eigenvalue weighted by Gasteiger charge is -2.09. The number of carbonyl (C=O) groups excluding carboxylic acids is 1. The van der Waals surface area contributed by atoms with Crippen LogP contribution in [0.5, 0.6) is 0 Å². The minimum absolute atomic E-state index is 0.137. The van der Waals surface area contributed by atoms with Crippen LogP contribution in [0.2, 0.25) is 0 Å². The highest BCUT2D eigenvalue weighted by molar-refractivity contribution is 5.84. The SMILES string of the molecule is O=C(Nc1cccc(CC(F)C(=O)O)c1)OCc1ccccc1. The number of hydrogen-bond donors (Lipinski definition) is 2. The van der Waals surface area contributed by atoms with Crippen molar-refractivity contribution in [2.75, 3.05) is 5.32 Å². The maximum absolute atomic E-state index is 13.2. The van der Waals surface area contributed by atoms with E-state index in [0.29, 0.717) is 11.3 Å². The molecular weight excluding hydrogens is 301 g/mol. The molecular formula is C17H16FNO4. The molecule has 120 valence electrons. The zero-order valence-corrected chi connectivity index (χ0v) is 12.2. The molecule has 23 heavy (non-hydrogen) atoms. The van der Waals surface area contributed by atoms with Crippen LogP contribution in [-0.4, -0.2) is 23.3 Å². The highest BCUT2D eigenvalue weighted by Gasteiger charge is 2.16. The van der Waals surface area contributed by atoms with Gasteiger partial charge in [0.25, 0.3) is 0 Å². The average Bonchev–Trinajstić information content (AvgIpc) is 2.54. The van der Waals surface area contributed by atoms with Gasteiger partial charge in [-0.3, -0.25) is 5.32 Å². The maximum atomic E-state index is 13.2. The molecule has 2 aromatic rings. The van der Waals surface area contributed by atoms with Gasteiger partial charge in [-0.1, -0.05) is 42.5 Å². The molecule has 1 atom stereocenters. The lowest BCUT2D eigenvalue weighted by molar-refractivity contribution is -0.142. The van der Waals surface area contributed by atoms with Gasteiger partial charge in [0.1, 0.15) is 6.61 Å². The van der Waals surface area contributed by atoms with Crippen molar-refractivity contribution in [1.82, 2.24) is 0 Å². The predicted molar refractivity (Wildman–Crippen MR) is 82.9 cm³/mol. The topological polar surface area (TPSA) is 75.6 Å². The Morgan fingerprint density at radius 2 is 1.78 bits per heavy atom. The van der Waals surface area contributed by atoms with E-state index in [1.807, 2.05) is 30.3 Å². The molecule has 0 saturated carbocycles. The van der Waals surface area contributed by atoms with E-state index in [1.54, 1.807) is 18.2 Å². The summed E-state index contributed by atoms with van der Waals surface area (Å²) in [6, 6.07) is 15.5. The predicted octanol–water partition coefficient (Wildman–Crippen LogP) is 3.40. The Morgan fingerprint density at radius 3 is 2.48 bits per heavy atom. The van der Waals surface area contributed by atoms with Crippen LogP contribution in [0, 0.1) is 0 Å². The number of anilines is 1. The van der Waals surface area contributed by atoms with Crippen molar-refractivity contribution >= 4 is 17.7 Å². The number of ether oxygens (including phenoxy) is 1. The molecule has 1 unspecified atom stereocenters. The average molecular weight is 317 g/mol. The summed E-state index contributed by atoms with van der Waals surface area (Å²) >= 11 is 0. The first-order valence-electron chi connectivity index (χ1n) is 6.98. The summed E-state index contributed by atoms with van der Waals surface area (Å²) in [5.74, 6) is -1.51. The molecule has 1 amide bonds. The molecule has 0 aliphatic rings. The third-order valence-corrected chi connectivity index (χ3v) is 3.07. The van der Waals surface area contributed by atoms with E-state index in [1.165, 1.54) is 6.07 Å². The van der Waals surface area contributed by atoms with Crippen LogP contribution in [0.3, 0.4) is 0 Å². The molecule has 0 aliphatic heterocycles. The van der Waals surface area contributed by atoms with E-state index in [2.05, 4.69) is 5.32 Å². The van der Waals surface area contributed by atoms with Crippen molar-refractivity contribution in [1.29, 1.82) is 0 Å². The van der Waals surface area contributed by atoms with Crippen LogP contribution in [0.4, 0.5) is 14.9 Å². The molecule has 0 aromatic heterocycles. The minimum atomic E-state index is -1.98. The number of halogens is 1. The van der Waals surface area contributed by atoms with Gasteiger partial charge in [-0.15, -0.1) is 0 Å². The molecule has 2 rings (SSSR count). The number of nitrogens with one attached hydrogen (secondary N) is 1. The molecule has 0 saturated heterocycles. The van der Waals surface area contributed by atoms with Gasteiger partial charge in [-0.2, -0.15) is 0 Å². The number of hydrogen-bond acceptors (Lipinski definition) is 3. The summed E-state index contributed by atoms with van der Waals surface area (Å²) in [5.41, 5.74) is 1.75. The normalized spacial score (nSPS) is 11.5. The van der Waals surface area contributed by atoms with Gasteiger partial charge >= 0.3 is 12.1 Å². The van der Waals surface area contributed by atoms with Gasteiger partial charge < -0.3 is 9.84 Å². The number of rotatable bonds is 6. The summed E-state index contributed by atoms with van der Waals surface area (Å²) in [6.07, 6.45) is -2.87. The third-order valence-electron chi connectivity index (χ3n) is 3.07. The Kier molecular flexibility index (Phi) is 5.68. The standard InChI is InChI=1S/C17H16FNO4/c18-15(16(20)21)10-13-7-4-8-14(9-13)19-17(22)23-11-12-5-2-1-3-6-12/h1-9,15H,10-11H2,(H,19,22)(H,20,21). The van der Waals surface area contributed by atoms with Gasteiger partial charge in [0.05, 0.1) is 0 Å². The molecule has 5 nitrogen and oxygen atoms in total. The van der Waals surface area contributed by atoms with E-state index in [9.17, 15) is 14.0 Å². The highest BCUT2D eigenvalue weighted by Crippen LogP contribution is 2.14. The molecule has 0 bridgehead atoms. The first kappa shape index (κ1) is 16.5. The van der Waals surface area contributed by atoms with Crippen LogP contribution in [0.25, 0.3) is 0 Å². The Bertz CT molecular complexity index is 675. The molecule has 2 N–H and O–H groups in total. The van der Waals surface area contributed by atoms with Crippen LogP contribution in [-0.2, 0) is 22.6 Å². The number of aliphatic carboxylic acids is 1. The number of carboxylic acid groups (broad SMARTS) is 1. The lowest BCUT2D eigenvalue weighted by Crippen LogP contribution is -2.17. The number of carbonyl (C=O) groups is 2. The Hall–Kier alpha value is -2.89. The van der Waals surface area contributed by atoms with Gasteiger partial charge in [0.2, 0.25) is 6.17 Å². The summed E-state index contributed by atoms with van der Waals surface area (Å²) in [4.78, 5) is 22.2. The number of alkyl halides is 1. The maximum Gasteiger partial charge on any atom is 0.411 e. The van der Waals surface area contributed by atoms with Gasteiger partial charge in [-0.25, -0.2) is 14.0 Å². The van der Waals surface area contributed by atoms with Crippen molar-refractivity contribution < 1.29 is 23.8 Å². The summed E-state index contributed by atoms with van der Waals surface area (Å²) < 4.78 is 18.3. The van der Waals surface area contributed by atoms with E-state index in [-0.39, 0.29) is 13.0 Å². The monoisotopic (exact) mass is 317 g/mol. The van der Waals surface area contributed by atoms with Crippen molar-refractivity contribution in [2.45, 2.75) is 19.2 Å². The first-order valence-corrected chi connectivity index (χ1v) is 6.98. The molecule has 0 fully saturated rings. The summed E-state index contributed by atoms with van der Waals surface area (Å²) in [6.45, 7) is 0.137. The Morgan fingerprint density at radius 1 is 1.09 bits per heavy atom. The molecule has 0 heterocycles. The Balaban J connectivity index is 1.89.